The predicted molar refractivity (Wildman–Crippen MR) is 124 cm³/mol. The first-order valence-corrected chi connectivity index (χ1v) is 14.0. The molecule has 2 aliphatic rings. The van der Waals surface area contributed by atoms with Crippen LogP contribution in [0.4, 0.5) is 0 Å². The van der Waals surface area contributed by atoms with E-state index in [1.807, 2.05) is 4.90 Å². The van der Waals surface area contributed by atoms with Crippen molar-refractivity contribution in [1.29, 1.82) is 0 Å². The zero-order valence-electron chi connectivity index (χ0n) is 18.7. The molecule has 1 atom stereocenters. The number of thiophene rings is 1. The molecule has 1 aromatic rings. The highest BCUT2D eigenvalue weighted by molar-refractivity contribution is 7.91. The standard InChI is InChI=1S/C22H37N3O4S2/c1-2-3-4-5-10-24(13-12-23-14-16-29-17-15-23)22(26)20-8-6-11-25(19-20)31(27,28)21-9-7-18-30-21/h7,9,18,20H,2-6,8,10-17,19H2,1H3. The first-order chi connectivity index (χ1) is 15.0. The van der Waals surface area contributed by atoms with Gasteiger partial charge in [0.2, 0.25) is 5.91 Å². The zero-order valence-corrected chi connectivity index (χ0v) is 20.3. The Bertz CT molecular complexity index is 764. The lowest BCUT2D eigenvalue weighted by atomic mass is 9.98. The van der Waals surface area contributed by atoms with Gasteiger partial charge in [-0.05, 0) is 30.7 Å². The van der Waals surface area contributed by atoms with Crippen molar-refractivity contribution >= 4 is 27.3 Å². The number of carbonyl (C=O) groups is 1. The van der Waals surface area contributed by atoms with E-state index in [4.69, 9.17) is 4.74 Å². The average Bonchev–Trinajstić information content (AvgIpc) is 3.35. The van der Waals surface area contributed by atoms with E-state index >= 15 is 0 Å². The summed E-state index contributed by atoms with van der Waals surface area (Å²) >= 11 is 1.24. The maximum atomic E-state index is 13.5. The zero-order chi connectivity index (χ0) is 22.1. The van der Waals surface area contributed by atoms with Crippen LogP contribution in [0.25, 0.3) is 0 Å². The van der Waals surface area contributed by atoms with Crippen molar-refractivity contribution < 1.29 is 17.9 Å². The molecular formula is C22H37N3O4S2. The second kappa shape index (κ2) is 12.3. The van der Waals surface area contributed by atoms with E-state index in [9.17, 15) is 13.2 Å². The minimum absolute atomic E-state index is 0.121. The number of unbranched alkanes of at least 4 members (excludes halogenated alkanes) is 3. The van der Waals surface area contributed by atoms with Gasteiger partial charge in [-0.25, -0.2) is 8.42 Å². The monoisotopic (exact) mass is 471 g/mol. The Morgan fingerprint density at radius 2 is 2.00 bits per heavy atom. The highest BCUT2D eigenvalue weighted by Gasteiger charge is 2.35. The average molecular weight is 472 g/mol. The quantitative estimate of drug-likeness (QED) is 0.464. The molecule has 0 saturated carbocycles. The van der Waals surface area contributed by atoms with Crippen LogP contribution in [0.2, 0.25) is 0 Å². The highest BCUT2D eigenvalue weighted by Crippen LogP contribution is 2.27. The molecule has 1 unspecified atom stereocenters. The summed E-state index contributed by atoms with van der Waals surface area (Å²) in [5, 5.41) is 1.78. The topological polar surface area (TPSA) is 70.2 Å². The van der Waals surface area contributed by atoms with Gasteiger partial charge in [0.1, 0.15) is 4.21 Å². The molecule has 3 rings (SSSR count). The van der Waals surface area contributed by atoms with Crippen molar-refractivity contribution in [3.8, 4) is 0 Å². The molecule has 2 fully saturated rings. The van der Waals surface area contributed by atoms with Crippen LogP contribution in [0.3, 0.4) is 0 Å². The van der Waals surface area contributed by atoms with Gasteiger partial charge in [0.15, 0.2) is 0 Å². The van der Waals surface area contributed by atoms with Crippen molar-refractivity contribution in [1.82, 2.24) is 14.1 Å². The SMILES string of the molecule is CCCCCCN(CCN1CCOCC1)C(=O)C1CCCN(S(=O)(=O)c2cccs2)C1. The van der Waals surface area contributed by atoms with Gasteiger partial charge in [-0.3, -0.25) is 9.69 Å². The van der Waals surface area contributed by atoms with Crippen molar-refractivity contribution in [2.45, 2.75) is 49.7 Å². The maximum absolute atomic E-state index is 13.5. The number of rotatable bonds is 11. The molecule has 1 aromatic heterocycles. The summed E-state index contributed by atoms with van der Waals surface area (Å²) in [4.78, 5) is 17.8. The van der Waals surface area contributed by atoms with E-state index in [1.165, 1.54) is 28.5 Å². The predicted octanol–water partition coefficient (Wildman–Crippen LogP) is 2.89. The van der Waals surface area contributed by atoms with Crippen LogP contribution in [0, 0.1) is 5.92 Å². The summed E-state index contributed by atoms with van der Waals surface area (Å²) in [5.74, 6) is -0.129. The number of amides is 1. The number of ether oxygens (including phenoxy) is 1. The Morgan fingerprint density at radius 1 is 1.19 bits per heavy atom. The number of hydrogen-bond donors (Lipinski definition) is 0. The molecule has 3 heterocycles. The largest absolute Gasteiger partial charge is 0.379 e. The molecular weight excluding hydrogens is 434 g/mol. The van der Waals surface area contributed by atoms with E-state index in [2.05, 4.69) is 11.8 Å². The molecule has 2 saturated heterocycles. The third-order valence-electron chi connectivity index (χ3n) is 6.21. The van der Waals surface area contributed by atoms with Gasteiger partial charge in [0, 0.05) is 45.8 Å². The van der Waals surface area contributed by atoms with Crippen LogP contribution in [-0.4, -0.2) is 87.5 Å². The Labute approximate surface area is 191 Å². The van der Waals surface area contributed by atoms with Gasteiger partial charge < -0.3 is 9.64 Å². The van der Waals surface area contributed by atoms with Gasteiger partial charge in [-0.15, -0.1) is 11.3 Å². The molecule has 0 aliphatic carbocycles. The second-order valence-corrected chi connectivity index (χ2v) is 11.6. The van der Waals surface area contributed by atoms with E-state index in [1.54, 1.807) is 17.5 Å². The second-order valence-electron chi connectivity index (χ2n) is 8.47. The van der Waals surface area contributed by atoms with Gasteiger partial charge in [-0.2, -0.15) is 4.31 Å². The summed E-state index contributed by atoms with van der Waals surface area (Å²) < 4.78 is 33.2. The van der Waals surface area contributed by atoms with Crippen molar-refractivity contribution in [3.63, 3.8) is 0 Å². The van der Waals surface area contributed by atoms with Crippen molar-refractivity contribution in [2.75, 3.05) is 59.0 Å². The van der Waals surface area contributed by atoms with E-state index in [-0.39, 0.29) is 11.8 Å². The number of piperidine rings is 1. The molecule has 9 heteroatoms. The number of nitrogens with zero attached hydrogens (tertiary/aromatic N) is 3. The third kappa shape index (κ3) is 6.99. The van der Waals surface area contributed by atoms with E-state index in [0.29, 0.717) is 23.8 Å². The molecule has 176 valence electrons. The molecule has 0 N–H and O–H groups in total. The molecule has 7 nitrogen and oxygen atoms in total. The van der Waals surface area contributed by atoms with Crippen molar-refractivity contribution in [2.24, 2.45) is 5.92 Å². The molecule has 31 heavy (non-hydrogen) atoms. The number of carbonyl (C=O) groups excluding carboxylic acids is 1. The molecule has 0 spiro atoms. The summed E-state index contributed by atoms with van der Waals surface area (Å²) in [5.41, 5.74) is 0. The number of morpholine rings is 1. The van der Waals surface area contributed by atoms with Crippen LogP contribution < -0.4 is 0 Å². The fourth-order valence-corrected chi connectivity index (χ4v) is 6.97. The lowest BCUT2D eigenvalue weighted by Crippen LogP contribution is -2.49. The molecule has 0 bridgehead atoms. The van der Waals surface area contributed by atoms with E-state index < -0.39 is 10.0 Å². The Morgan fingerprint density at radius 3 is 2.71 bits per heavy atom. The summed E-state index contributed by atoms with van der Waals surface area (Å²) in [6.07, 6.45) is 5.97. The molecule has 0 aromatic carbocycles. The molecule has 0 radical (unpaired) electrons. The molecule has 1 amide bonds. The Kier molecular flexibility index (Phi) is 9.77. The van der Waals surface area contributed by atoms with Crippen LogP contribution in [-0.2, 0) is 19.6 Å². The maximum Gasteiger partial charge on any atom is 0.252 e. The number of sulfonamides is 1. The van der Waals surface area contributed by atoms with Gasteiger partial charge in [-0.1, -0.05) is 32.3 Å². The van der Waals surface area contributed by atoms with E-state index in [0.717, 1.165) is 65.1 Å². The summed E-state index contributed by atoms with van der Waals surface area (Å²) in [7, 11) is -3.51. The van der Waals surface area contributed by atoms with Crippen molar-refractivity contribution in [3.05, 3.63) is 17.5 Å². The minimum atomic E-state index is -3.51. The lowest BCUT2D eigenvalue weighted by Gasteiger charge is -2.35. The van der Waals surface area contributed by atoms with Crippen LogP contribution in [0.1, 0.15) is 45.4 Å². The van der Waals surface area contributed by atoms with Gasteiger partial charge in [0.05, 0.1) is 19.1 Å². The first-order valence-electron chi connectivity index (χ1n) is 11.6. The Balaban J connectivity index is 1.62. The smallest absolute Gasteiger partial charge is 0.252 e. The Hall–Kier alpha value is -1.00. The highest BCUT2D eigenvalue weighted by atomic mass is 32.2. The van der Waals surface area contributed by atoms with Crippen LogP contribution in [0.15, 0.2) is 21.7 Å². The number of hydrogen-bond acceptors (Lipinski definition) is 6. The minimum Gasteiger partial charge on any atom is -0.379 e. The normalized spacial score (nSPS) is 21.3. The van der Waals surface area contributed by atoms with Gasteiger partial charge in [0.25, 0.3) is 10.0 Å². The summed E-state index contributed by atoms with van der Waals surface area (Å²) in [6, 6.07) is 3.40. The van der Waals surface area contributed by atoms with Crippen LogP contribution in [0.5, 0.6) is 0 Å². The van der Waals surface area contributed by atoms with Crippen LogP contribution >= 0.6 is 11.3 Å². The fourth-order valence-electron chi connectivity index (χ4n) is 4.31. The molecule has 2 aliphatic heterocycles. The lowest BCUT2D eigenvalue weighted by molar-refractivity contribution is -0.137. The van der Waals surface area contributed by atoms with Gasteiger partial charge >= 0.3 is 0 Å². The summed E-state index contributed by atoms with van der Waals surface area (Å²) in [6.45, 7) is 8.62. The first kappa shape index (κ1) is 24.6. The third-order valence-corrected chi connectivity index (χ3v) is 9.44. The fraction of sp³-hybridized carbons (Fsp3) is 0.773.